The molecule has 2 saturated heterocycles. The Kier molecular flexibility index (Phi) is 4.82. The molecule has 20 heavy (non-hydrogen) atoms. The van der Waals surface area contributed by atoms with Crippen LogP contribution in [0.25, 0.3) is 0 Å². The van der Waals surface area contributed by atoms with Crippen LogP contribution in [-0.4, -0.2) is 90.3 Å². The van der Waals surface area contributed by atoms with Gasteiger partial charge in [-0.3, -0.25) is 0 Å². The lowest BCUT2D eigenvalue weighted by Crippen LogP contribution is -2.55. The summed E-state index contributed by atoms with van der Waals surface area (Å²) in [5, 5.41) is 9.00. The maximum atomic E-state index is 12.6. The number of ether oxygens (including phenoxy) is 1. The van der Waals surface area contributed by atoms with E-state index in [4.69, 9.17) is 9.84 Å². The molecule has 0 bridgehead atoms. The molecule has 2 unspecified atom stereocenters. The molecule has 2 rings (SSSR count). The monoisotopic (exact) mass is 285 g/mol. The van der Waals surface area contributed by atoms with Crippen molar-refractivity contribution in [1.29, 1.82) is 0 Å². The van der Waals surface area contributed by atoms with Crippen molar-refractivity contribution in [1.82, 2.24) is 14.7 Å². The van der Waals surface area contributed by atoms with E-state index in [9.17, 15) is 9.59 Å². The summed E-state index contributed by atoms with van der Waals surface area (Å²) in [5.41, 5.74) is 0. The number of urea groups is 1. The van der Waals surface area contributed by atoms with Gasteiger partial charge in [0.05, 0.1) is 13.2 Å². The summed E-state index contributed by atoms with van der Waals surface area (Å²) in [6, 6.07) is 0.0727. The Labute approximate surface area is 119 Å². The summed E-state index contributed by atoms with van der Waals surface area (Å²) >= 11 is 0. The van der Waals surface area contributed by atoms with E-state index in [1.54, 1.807) is 4.90 Å². The molecule has 1 N–H and O–H groups in total. The number of likely N-dealkylation sites (N-methyl/N-ethyl adjacent to an activating group) is 1. The summed E-state index contributed by atoms with van der Waals surface area (Å²) in [7, 11) is 2.06. The highest BCUT2D eigenvalue weighted by Gasteiger charge is 2.33. The zero-order chi connectivity index (χ0) is 14.7. The van der Waals surface area contributed by atoms with Gasteiger partial charge in [0.2, 0.25) is 0 Å². The second kappa shape index (κ2) is 6.41. The first kappa shape index (κ1) is 15.1. The van der Waals surface area contributed by atoms with E-state index in [0.29, 0.717) is 6.54 Å². The number of morpholine rings is 1. The van der Waals surface area contributed by atoms with Gasteiger partial charge < -0.3 is 24.5 Å². The minimum atomic E-state index is -1.01. The first-order valence-corrected chi connectivity index (χ1v) is 7.07. The third-order valence-corrected chi connectivity index (χ3v) is 3.90. The van der Waals surface area contributed by atoms with Crippen LogP contribution < -0.4 is 0 Å². The van der Waals surface area contributed by atoms with Gasteiger partial charge in [0.25, 0.3) is 0 Å². The van der Waals surface area contributed by atoms with Gasteiger partial charge >= 0.3 is 12.0 Å². The van der Waals surface area contributed by atoms with Crippen LogP contribution >= 0.6 is 0 Å². The lowest BCUT2D eigenvalue weighted by molar-refractivity contribution is -0.154. The maximum absolute atomic E-state index is 12.6. The second-order valence-corrected chi connectivity index (χ2v) is 5.58. The molecule has 7 nitrogen and oxygen atoms in total. The Morgan fingerprint density at radius 3 is 2.65 bits per heavy atom. The molecule has 0 aromatic rings. The van der Waals surface area contributed by atoms with Crippen molar-refractivity contribution in [2.45, 2.75) is 25.5 Å². The smallest absolute Gasteiger partial charge is 0.334 e. The molecule has 114 valence electrons. The molecule has 2 aliphatic rings. The fraction of sp³-hybridized carbons (Fsp3) is 0.846. The molecule has 0 aliphatic carbocycles. The number of carboxylic acid groups (broad SMARTS) is 1. The molecule has 0 saturated carbocycles. The summed E-state index contributed by atoms with van der Waals surface area (Å²) in [6.45, 7) is 5.46. The van der Waals surface area contributed by atoms with E-state index in [2.05, 4.69) is 11.9 Å². The summed E-state index contributed by atoms with van der Waals surface area (Å²) in [4.78, 5) is 29.2. The molecule has 0 spiro atoms. The highest BCUT2D eigenvalue weighted by Crippen LogP contribution is 2.14. The van der Waals surface area contributed by atoms with Crippen LogP contribution in [0.3, 0.4) is 0 Å². The fourth-order valence-corrected chi connectivity index (χ4v) is 2.81. The van der Waals surface area contributed by atoms with Crippen molar-refractivity contribution < 1.29 is 19.4 Å². The van der Waals surface area contributed by atoms with Crippen molar-refractivity contribution in [3.05, 3.63) is 0 Å². The highest BCUT2D eigenvalue weighted by atomic mass is 16.5. The average Bonchev–Trinajstić information content (AvgIpc) is 2.58. The average molecular weight is 285 g/mol. The standard InChI is InChI=1S/C13H23N3O4/c1-10-8-14(2)4-3-5-16(10)13(19)15-6-7-20-11(9-15)12(17)18/h10-11H,3-9H2,1-2H3,(H,17,18). The quantitative estimate of drug-likeness (QED) is 0.729. The topological polar surface area (TPSA) is 73.3 Å². The highest BCUT2D eigenvalue weighted by molar-refractivity contribution is 5.77. The van der Waals surface area contributed by atoms with Crippen LogP contribution in [0.4, 0.5) is 4.79 Å². The zero-order valence-electron chi connectivity index (χ0n) is 12.1. The van der Waals surface area contributed by atoms with Gasteiger partial charge in [-0.05, 0) is 26.9 Å². The first-order valence-electron chi connectivity index (χ1n) is 7.07. The molecule has 2 fully saturated rings. The molecule has 7 heteroatoms. The maximum Gasteiger partial charge on any atom is 0.334 e. The van der Waals surface area contributed by atoms with Crippen LogP contribution in [-0.2, 0) is 9.53 Å². The molecule has 0 aromatic carbocycles. The number of hydrogen-bond donors (Lipinski definition) is 1. The summed E-state index contributed by atoms with van der Waals surface area (Å²) < 4.78 is 5.16. The SMILES string of the molecule is CC1CN(C)CCCN1C(=O)N1CCOC(C(=O)O)C1. The van der Waals surface area contributed by atoms with Crippen LogP contribution in [0.15, 0.2) is 0 Å². The third kappa shape index (κ3) is 3.40. The minimum absolute atomic E-state index is 0.0673. The Morgan fingerprint density at radius 1 is 1.20 bits per heavy atom. The molecule has 2 atom stereocenters. The van der Waals surface area contributed by atoms with Crippen LogP contribution in [0, 0.1) is 0 Å². The van der Waals surface area contributed by atoms with Gasteiger partial charge in [-0.1, -0.05) is 0 Å². The minimum Gasteiger partial charge on any atom is -0.479 e. The van der Waals surface area contributed by atoms with Crippen LogP contribution in [0.5, 0.6) is 0 Å². The first-order chi connectivity index (χ1) is 9.49. The van der Waals surface area contributed by atoms with Crippen molar-refractivity contribution in [2.75, 3.05) is 46.4 Å². The number of rotatable bonds is 1. The number of amides is 2. The number of nitrogens with zero attached hydrogens (tertiary/aromatic N) is 3. The molecular weight excluding hydrogens is 262 g/mol. The Morgan fingerprint density at radius 2 is 1.95 bits per heavy atom. The lowest BCUT2D eigenvalue weighted by atomic mass is 10.2. The van der Waals surface area contributed by atoms with E-state index in [0.717, 1.165) is 26.1 Å². The third-order valence-electron chi connectivity index (χ3n) is 3.90. The number of hydrogen-bond acceptors (Lipinski definition) is 4. The summed E-state index contributed by atoms with van der Waals surface area (Å²) in [5.74, 6) is -1.01. The summed E-state index contributed by atoms with van der Waals surface area (Å²) in [6.07, 6.45) is 0.0388. The Bertz CT molecular complexity index is 377. The van der Waals surface area contributed by atoms with Gasteiger partial charge in [0.1, 0.15) is 0 Å². The Balaban J connectivity index is 2.00. The molecular formula is C13H23N3O4. The van der Waals surface area contributed by atoms with Crippen molar-refractivity contribution >= 4 is 12.0 Å². The fourth-order valence-electron chi connectivity index (χ4n) is 2.81. The van der Waals surface area contributed by atoms with E-state index < -0.39 is 12.1 Å². The number of aliphatic carboxylic acids is 1. The van der Waals surface area contributed by atoms with Crippen LogP contribution in [0.2, 0.25) is 0 Å². The zero-order valence-corrected chi connectivity index (χ0v) is 12.1. The molecule has 0 radical (unpaired) electrons. The van der Waals surface area contributed by atoms with E-state index in [-0.39, 0.29) is 25.2 Å². The lowest BCUT2D eigenvalue weighted by Gasteiger charge is -2.37. The van der Waals surface area contributed by atoms with Gasteiger partial charge in [-0.15, -0.1) is 0 Å². The predicted molar refractivity (Wildman–Crippen MR) is 72.6 cm³/mol. The second-order valence-electron chi connectivity index (χ2n) is 5.58. The van der Waals surface area contributed by atoms with Gasteiger partial charge in [0, 0.05) is 25.7 Å². The van der Waals surface area contributed by atoms with Gasteiger partial charge in [0.15, 0.2) is 6.10 Å². The van der Waals surface area contributed by atoms with Crippen molar-refractivity contribution in [2.24, 2.45) is 0 Å². The van der Waals surface area contributed by atoms with E-state index in [1.165, 1.54) is 0 Å². The largest absolute Gasteiger partial charge is 0.479 e. The van der Waals surface area contributed by atoms with Crippen LogP contribution in [0.1, 0.15) is 13.3 Å². The van der Waals surface area contributed by atoms with Gasteiger partial charge in [-0.25, -0.2) is 9.59 Å². The molecule has 0 aromatic heterocycles. The number of carboxylic acids is 1. The van der Waals surface area contributed by atoms with Crippen molar-refractivity contribution in [3.8, 4) is 0 Å². The molecule has 2 heterocycles. The molecule has 2 amide bonds. The molecule has 2 aliphatic heterocycles. The van der Waals surface area contributed by atoms with Crippen molar-refractivity contribution in [3.63, 3.8) is 0 Å². The van der Waals surface area contributed by atoms with E-state index >= 15 is 0 Å². The normalized spacial score (nSPS) is 29.1. The van der Waals surface area contributed by atoms with Gasteiger partial charge in [-0.2, -0.15) is 0 Å². The predicted octanol–water partition coefficient (Wildman–Crippen LogP) is -0.0822. The Hall–Kier alpha value is -1.34. The number of carbonyl (C=O) groups excluding carboxylic acids is 1. The number of carbonyl (C=O) groups is 2. The van der Waals surface area contributed by atoms with E-state index in [1.807, 2.05) is 11.8 Å².